The molecule has 12 heteroatoms. The van der Waals surface area contributed by atoms with Gasteiger partial charge in [0.15, 0.2) is 0 Å². The van der Waals surface area contributed by atoms with Gasteiger partial charge in [0.05, 0.1) is 19.3 Å². The zero-order valence-electron chi connectivity index (χ0n) is 23.2. The number of hydrogen-bond donors (Lipinski definition) is 0. The second kappa shape index (κ2) is 11.8. The summed E-state index contributed by atoms with van der Waals surface area (Å²) < 4.78 is 133. The van der Waals surface area contributed by atoms with Crippen LogP contribution < -0.4 is 4.74 Å². The van der Waals surface area contributed by atoms with E-state index >= 15 is 0 Å². The zero-order valence-corrected chi connectivity index (χ0v) is 23.2. The zero-order chi connectivity index (χ0) is 30.3. The Kier molecular flexibility index (Phi) is 9.25. The van der Waals surface area contributed by atoms with Crippen molar-refractivity contribution in [2.75, 3.05) is 19.8 Å². The van der Waals surface area contributed by atoms with Crippen LogP contribution in [-0.2, 0) is 15.9 Å². The maximum absolute atomic E-state index is 13.1. The highest BCUT2D eigenvalue weighted by Gasteiger charge is 2.85. The van der Waals surface area contributed by atoms with Gasteiger partial charge in [0.1, 0.15) is 5.75 Å². The molecule has 2 fully saturated rings. The molecule has 0 spiro atoms. The summed E-state index contributed by atoms with van der Waals surface area (Å²) in [5.74, 6) is 2.04. The molecule has 3 aliphatic rings. The minimum Gasteiger partial charge on any atom is -0.494 e. The maximum atomic E-state index is 13.1. The third-order valence-electron chi connectivity index (χ3n) is 9.50. The number of aryl methyl sites for hydroxylation is 1. The van der Waals surface area contributed by atoms with Crippen LogP contribution in [0, 0.1) is 17.3 Å². The average Bonchev–Trinajstić information content (AvgIpc) is 3.19. The van der Waals surface area contributed by atoms with E-state index in [-0.39, 0.29) is 18.1 Å². The summed E-state index contributed by atoms with van der Waals surface area (Å²) in [6.07, 6.45) is -13.7. The van der Waals surface area contributed by atoms with E-state index in [4.69, 9.17) is 9.47 Å². The Morgan fingerprint density at radius 3 is 2.15 bits per heavy atom. The summed E-state index contributed by atoms with van der Waals surface area (Å²) in [6, 6.07) is 6.34. The molecule has 0 radical (unpaired) electrons. The SMILES string of the molecule is CCCCOc1ccc2c(c1)CC[C@@H]1[C@@H]2CC[C@]2(C)[C@@H](OCCCOC(C(F)(F)F)(C(F)(F)F)C(F)(F)F)CC[C@@H]12. The Morgan fingerprint density at radius 2 is 1.51 bits per heavy atom. The summed E-state index contributed by atoms with van der Waals surface area (Å²) >= 11 is 0. The molecule has 0 N–H and O–H groups in total. The van der Waals surface area contributed by atoms with Crippen molar-refractivity contribution in [1.82, 2.24) is 0 Å². The predicted molar refractivity (Wildman–Crippen MR) is 133 cm³/mol. The minimum atomic E-state index is -6.72. The van der Waals surface area contributed by atoms with Crippen molar-refractivity contribution in [3.05, 3.63) is 29.3 Å². The van der Waals surface area contributed by atoms with Gasteiger partial charge in [-0.25, -0.2) is 0 Å². The van der Waals surface area contributed by atoms with Crippen molar-refractivity contribution in [2.24, 2.45) is 17.3 Å². The van der Waals surface area contributed by atoms with Gasteiger partial charge in [0, 0.05) is 6.61 Å². The fraction of sp³-hybridized carbons (Fsp3) is 0.793. The number of unbranched alkanes of at least 4 members (excludes halogenated alkanes) is 1. The summed E-state index contributed by atoms with van der Waals surface area (Å²) in [5.41, 5.74) is -3.82. The second-order valence-electron chi connectivity index (χ2n) is 11.8. The molecule has 0 saturated heterocycles. The number of ether oxygens (including phenoxy) is 3. The number of fused-ring (bicyclic) bond motifs is 5. The van der Waals surface area contributed by atoms with Crippen LogP contribution in [0.1, 0.15) is 82.3 Å². The molecule has 1 aromatic rings. The van der Waals surface area contributed by atoms with Crippen molar-refractivity contribution in [1.29, 1.82) is 0 Å². The Balaban J connectivity index is 1.35. The first-order valence-corrected chi connectivity index (χ1v) is 14.3. The van der Waals surface area contributed by atoms with Crippen LogP contribution in [0.25, 0.3) is 0 Å². The van der Waals surface area contributed by atoms with Gasteiger partial charge in [-0.2, -0.15) is 39.5 Å². The Labute approximate surface area is 234 Å². The summed E-state index contributed by atoms with van der Waals surface area (Å²) in [4.78, 5) is 0. The highest BCUT2D eigenvalue weighted by Crippen LogP contribution is 2.62. The van der Waals surface area contributed by atoms with Gasteiger partial charge in [0.25, 0.3) is 0 Å². The first kappa shape index (κ1) is 32.2. The Hall–Kier alpha value is -1.69. The van der Waals surface area contributed by atoms with Crippen molar-refractivity contribution < 1.29 is 53.7 Å². The topological polar surface area (TPSA) is 27.7 Å². The van der Waals surface area contributed by atoms with E-state index in [1.165, 1.54) is 11.1 Å². The first-order chi connectivity index (χ1) is 19.1. The molecular weight excluding hydrogens is 567 g/mol. The van der Waals surface area contributed by atoms with E-state index in [0.717, 1.165) is 50.7 Å². The lowest BCUT2D eigenvalue weighted by atomic mass is 9.55. The number of benzene rings is 1. The van der Waals surface area contributed by atoms with Crippen LogP contribution in [-0.4, -0.2) is 50.1 Å². The van der Waals surface area contributed by atoms with Crippen LogP contribution in [0.4, 0.5) is 39.5 Å². The highest BCUT2D eigenvalue weighted by molar-refractivity contribution is 5.40. The third kappa shape index (κ3) is 5.93. The van der Waals surface area contributed by atoms with E-state index in [2.05, 4.69) is 30.7 Å². The molecule has 3 aliphatic carbocycles. The standard InChI is InChI=1S/C29H37F9O3/c1-3-4-14-39-19-7-9-20-18(17-19)6-8-22-21(20)12-13-25(2)23(22)10-11-24(25)40-15-5-16-41-26(27(30,31)32,28(33,34)35)29(36,37)38/h7,9,17,21-24H,3-6,8,10-16H2,1-2H3/t21-,22-,23+,24+,25+/m1/s1. The lowest BCUT2D eigenvalue weighted by Crippen LogP contribution is -2.67. The molecule has 0 bridgehead atoms. The number of hydrogen-bond acceptors (Lipinski definition) is 3. The van der Waals surface area contributed by atoms with E-state index in [0.29, 0.717) is 30.8 Å². The van der Waals surface area contributed by atoms with E-state index in [1.54, 1.807) is 0 Å². The monoisotopic (exact) mass is 604 g/mol. The fourth-order valence-corrected chi connectivity index (χ4v) is 7.45. The van der Waals surface area contributed by atoms with Gasteiger partial charge >= 0.3 is 24.1 Å². The van der Waals surface area contributed by atoms with Gasteiger partial charge < -0.3 is 14.2 Å². The molecule has 0 unspecified atom stereocenters. The molecule has 234 valence electrons. The lowest BCUT2D eigenvalue weighted by molar-refractivity contribution is -0.457. The molecule has 5 atom stereocenters. The normalized spacial score (nSPS) is 28.7. The molecular formula is C29H37F9O3. The highest BCUT2D eigenvalue weighted by atomic mass is 19.4. The van der Waals surface area contributed by atoms with Crippen LogP contribution in [0.3, 0.4) is 0 Å². The van der Waals surface area contributed by atoms with Crippen molar-refractivity contribution in [2.45, 2.75) is 108 Å². The largest absolute Gasteiger partial charge is 0.494 e. The summed E-state index contributed by atoms with van der Waals surface area (Å²) in [7, 11) is 0. The molecule has 3 nitrogen and oxygen atoms in total. The number of halogens is 9. The predicted octanol–water partition coefficient (Wildman–Crippen LogP) is 8.94. The van der Waals surface area contributed by atoms with Crippen LogP contribution in [0.15, 0.2) is 18.2 Å². The third-order valence-corrected chi connectivity index (χ3v) is 9.50. The molecule has 4 rings (SSSR count). The molecule has 0 aliphatic heterocycles. The Morgan fingerprint density at radius 1 is 0.829 bits per heavy atom. The van der Waals surface area contributed by atoms with E-state index < -0.39 is 37.2 Å². The van der Waals surface area contributed by atoms with Crippen molar-refractivity contribution in [3.63, 3.8) is 0 Å². The Bertz CT molecular complexity index is 1000. The van der Waals surface area contributed by atoms with Gasteiger partial charge in [-0.3, -0.25) is 0 Å². The molecule has 41 heavy (non-hydrogen) atoms. The lowest BCUT2D eigenvalue weighted by Gasteiger charge is -2.50. The van der Waals surface area contributed by atoms with Crippen molar-refractivity contribution >= 4 is 0 Å². The summed E-state index contributed by atoms with van der Waals surface area (Å²) in [5, 5.41) is 0. The van der Waals surface area contributed by atoms with Crippen LogP contribution in [0.2, 0.25) is 0 Å². The fourth-order valence-electron chi connectivity index (χ4n) is 7.45. The summed E-state index contributed by atoms with van der Waals surface area (Å²) in [6.45, 7) is 3.21. The van der Waals surface area contributed by atoms with Gasteiger partial charge in [-0.15, -0.1) is 0 Å². The van der Waals surface area contributed by atoms with E-state index in [1.807, 2.05) is 6.07 Å². The molecule has 2 saturated carbocycles. The van der Waals surface area contributed by atoms with Gasteiger partial charge in [-0.05, 0) is 97.8 Å². The van der Waals surface area contributed by atoms with E-state index in [9.17, 15) is 39.5 Å². The maximum Gasteiger partial charge on any atom is 0.435 e. The quantitative estimate of drug-likeness (QED) is 0.197. The number of rotatable bonds is 10. The molecule has 0 amide bonds. The minimum absolute atomic E-state index is 0.226. The molecule has 0 heterocycles. The van der Waals surface area contributed by atoms with Crippen LogP contribution in [0.5, 0.6) is 5.75 Å². The van der Waals surface area contributed by atoms with Gasteiger partial charge in [0.2, 0.25) is 0 Å². The smallest absolute Gasteiger partial charge is 0.435 e. The number of alkyl halides is 9. The molecule has 1 aromatic carbocycles. The first-order valence-electron chi connectivity index (χ1n) is 14.3. The van der Waals surface area contributed by atoms with Crippen LogP contribution >= 0.6 is 0 Å². The molecule has 0 aromatic heterocycles. The van der Waals surface area contributed by atoms with Crippen molar-refractivity contribution in [3.8, 4) is 5.75 Å². The van der Waals surface area contributed by atoms with Gasteiger partial charge in [-0.1, -0.05) is 26.3 Å². The average molecular weight is 605 g/mol. The second-order valence-corrected chi connectivity index (χ2v) is 11.8.